The molecular formula is C27H32ClN3O5. The van der Waals surface area contributed by atoms with Crippen LogP contribution >= 0.6 is 11.6 Å². The van der Waals surface area contributed by atoms with Crippen LogP contribution in [0.3, 0.4) is 0 Å². The van der Waals surface area contributed by atoms with Gasteiger partial charge in [-0.1, -0.05) is 23.7 Å². The summed E-state index contributed by atoms with van der Waals surface area (Å²) in [5, 5.41) is 0.457. The van der Waals surface area contributed by atoms with E-state index in [9.17, 15) is 9.59 Å². The molecule has 8 nitrogen and oxygen atoms in total. The molecule has 0 saturated heterocycles. The van der Waals surface area contributed by atoms with E-state index in [1.165, 1.54) is 4.90 Å². The molecule has 2 aromatic rings. The lowest BCUT2D eigenvalue weighted by Gasteiger charge is -2.30. The Kier molecular flexibility index (Phi) is 6.92. The number of benzene rings is 1. The molecule has 0 unspecified atom stereocenters. The Labute approximate surface area is 216 Å². The summed E-state index contributed by atoms with van der Waals surface area (Å²) in [7, 11) is 0. The number of halogens is 1. The zero-order valence-electron chi connectivity index (χ0n) is 21.6. The number of aromatic nitrogens is 1. The predicted octanol–water partition coefficient (Wildman–Crippen LogP) is 6.72. The number of carbonyl (C=O) groups excluding carboxylic acids is 2. The molecule has 3 heterocycles. The molecule has 2 amide bonds. The number of pyridine rings is 1. The topological polar surface area (TPSA) is 81.2 Å². The highest BCUT2D eigenvalue weighted by Gasteiger charge is 2.33. The van der Waals surface area contributed by atoms with Crippen molar-refractivity contribution in [2.24, 2.45) is 0 Å². The second-order valence-corrected chi connectivity index (χ2v) is 11.2. The third-order valence-corrected chi connectivity index (χ3v) is 5.92. The fraction of sp³-hybridized carbons (Fsp3) is 0.444. The van der Waals surface area contributed by atoms with Crippen LogP contribution in [0.2, 0.25) is 5.02 Å². The number of rotatable bonds is 1. The Morgan fingerprint density at radius 2 is 1.72 bits per heavy atom. The van der Waals surface area contributed by atoms with Gasteiger partial charge < -0.3 is 19.1 Å². The van der Waals surface area contributed by atoms with E-state index < -0.39 is 17.3 Å². The van der Waals surface area contributed by atoms with Crippen LogP contribution in [0.4, 0.5) is 21.1 Å². The van der Waals surface area contributed by atoms with E-state index >= 15 is 0 Å². The molecule has 0 aliphatic carbocycles. The minimum atomic E-state index is -0.711. The second-order valence-electron chi connectivity index (χ2n) is 10.8. The minimum absolute atomic E-state index is 0.168. The fourth-order valence-electron chi connectivity index (χ4n) is 3.98. The summed E-state index contributed by atoms with van der Waals surface area (Å²) in [5.41, 5.74) is 1.85. The SMILES string of the molecule is CC(C)(C)OC(=O)N1CC=C(c2ccc3c(c2)N(C(=O)OC(C)(C)C)c2nccc(Cl)c2CO3)CC1. The summed E-state index contributed by atoms with van der Waals surface area (Å²) in [6.45, 7) is 12.1. The molecule has 0 fully saturated rings. The summed E-state index contributed by atoms with van der Waals surface area (Å²) in [4.78, 5) is 33.4. The first kappa shape index (κ1) is 25.8. The van der Waals surface area contributed by atoms with Crippen molar-refractivity contribution in [1.29, 1.82) is 0 Å². The van der Waals surface area contributed by atoms with Gasteiger partial charge in [-0.15, -0.1) is 0 Å². The Balaban J connectivity index is 1.69. The molecule has 4 rings (SSSR count). The predicted molar refractivity (Wildman–Crippen MR) is 139 cm³/mol. The summed E-state index contributed by atoms with van der Waals surface area (Å²) in [6.07, 6.45) is 3.31. The van der Waals surface area contributed by atoms with Gasteiger partial charge in [0.15, 0.2) is 5.82 Å². The Hall–Kier alpha value is -3.26. The van der Waals surface area contributed by atoms with Crippen LogP contribution in [0.1, 0.15) is 59.1 Å². The van der Waals surface area contributed by atoms with Crippen LogP contribution in [0.25, 0.3) is 5.57 Å². The molecule has 1 aromatic carbocycles. The van der Waals surface area contributed by atoms with E-state index in [2.05, 4.69) is 4.98 Å². The molecular weight excluding hydrogens is 482 g/mol. The lowest BCUT2D eigenvalue weighted by Crippen LogP contribution is -2.39. The van der Waals surface area contributed by atoms with E-state index in [0.717, 1.165) is 11.1 Å². The average molecular weight is 514 g/mol. The zero-order chi connectivity index (χ0) is 26.3. The maximum absolute atomic E-state index is 13.4. The van der Waals surface area contributed by atoms with Crippen molar-refractivity contribution in [1.82, 2.24) is 9.88 Å². The number of hydrogen-bond donors (Lipinski definition) is 0. The van der Waals surface area contributed by atoms with E-state index in [0.29, 0.717) is 47.4 Å². The molecule has 9 heteroatoms. The zero-order valence-corrected chi connectivity index (χ0v) is 22.3. The number of amides is 2. The number of nitrogens with zero attached hydrogens (tertiary/aromatic N) is 3. The summed E-state index contributed by atoms with van der Waals surface area (Å²) >= 11 is 6.44. The quantitative estimate of drug-likeness (QED) is 0.420. The van der Waals surface area contributed by atoms with Crippen molar-refractivity contribution >= 4 is 40.9 Å². The standard InChI is InChI=1S/C27H32ClN3O5/c1-26(2,3)35-24(32)30-13-10-17(11-14-30)18-7-8-22-21(15-18)31(25(33)36-27(4,5)6)23-19(16-34-22)20(28)9-12-29-23/h7-10,12,15H,11,13-14,16H2,1-6H3. The van der Waals surface area contributed by atoms with Crippen LogP contribution in [-0.4, -0.2) is 46.4 Å². The molecule has 2 aliphatic rings. The van der Waals surface area contributed by atoms with Gasteiger partial charge in [0.25, 0.3) is 0 Å². The third-order valence-electron chi connectivity index (χ3n) is 5.57. The molecule has 2 aliphatic heterocycles. The van der Waals surface area contributed by atoms with Crippen molar-refractivity contribution in [3.63, 3.8) is 0 Å². The van der Waals surface area contributed by atoms with Gasteiger partial charge in [-0.25, -0.2) is 19.5 Å². The van der Waals surface area contributed by atoms with E-state index in [4.69, 9.17) is 25.8 Å². The number of ether oxygens (including phenoxy) is 3. The van der Waals surface area contributed by atoms with E-state index in [1.807, 2.05) is 65.8 Å². The van der Waals surface area contributed by atoms with E-state index in [1.54, 1.807) is 17.2 Å². The van der Waals surface area contributed by atoms with Crippen molar-refractivity contribution in [2.75, 3.05) is 18.0 Å². The fourth-order valence-corrected chi connectivity index (χ4v) is 4.17. The number of hydrogen-bond acceptors (Lipinski definition) is 6. The molecule has 0 saturated carbocycles. The normalized spacial score (nSPS) is 15.7. The first-order valence-corrected chi connectivity index (χ1v) is 12.3. The van der Waals surface area contributed by atoms with Crippen molar-refractivity contribution in [3.8, 4) is 5.75 Å². The second kappa shape index (κ2) is 9.65. The number of fused-ring (bicyclic) bond motifs is 2. The van der Waals surface area contributed by atoms with Crippen molar-refractivity contribution < 1.29 is 23.8 Å². The summed E-state index contributed by atoms with van der Waals surface area (Å²) in [6, 6.07) is 7.35. The summed E-state index contributed by atoms with van der Waals surface area (Å²) in [5.74, 6) is 0.895. The van der Waals surface area contributed by atoms with Gasteiger partial charge in [0.05, 0.1) is 16.3 Å². The van der Waals surface area contributed by atoms with Gasteiger partial charge in [-0.05, 0) is 77.3 Å². The maximum atomic E-state index is 13.4. The molecule has 0 N–H and O–H groups in total. The smallest absolute Gasteiger partial charge is 0.420 e. The molecule has 0 bridgehead atoms. The average Bonchev–Trinajstić information content (AvgIpc) is 2.94. The first-order chi connectivity index (χ1) is 16.8. The molecule has 0 radical (unpaired) electrons. The molecule has 192 valence electrons. The monoisotopic (exact) mass is 513 g/mol. The third kappa shape index (κ3) is 5.75. The Morgan fingerprint density at radius 1 is 1.03 bits per heavy atom. The molecule has 36 heavy (non-hydrogen) atoms. The minimum Gasteiger partial charge on any atom is -0.487 e. The first-order valence-electron chi connectivity index (χ1n) is 11.9. The lowest BCUT2D eigenvalue weighted by molar-refractivity contribution is 0.0270. The summed E-state index contributed by atoms with van der Waals surface area (Å²) < 4.78 is 17.3. The van der Waals surface area contributed by atoms with Gasteiger partial charge in [0, 0.05) is 19.3 Å². The van der Waals surface area contributed by atoms with Crippen molar-refractivity contribution in [2.45, 2.75) is 65.8 Å². The Morgan fingerprint density at radius 3 is 2.36 bits per heavy atom. The number of anilines is 2. The van der Waals surface area contributed by atoms with Gasteiger partial charge in [0.1, 0.15) is 23.6 Å². The molecule has 1 aromatic heterocycles. The molecule has 0 spiro atoms. The van der Waals surface area contributed by atoms with Crippen LogP contribution in [-0.2, 0) is 16.1 Å². The van der Waals surface area contributed by atoms with Gasteiger partial charge in [-0.3, -0.25) is 0 Å². The van der Waals surface area contributed by atoms with Crippen LogP contribution in [0, 0.1) is 0 Å². The van der Waals surface area contributed by atoms with E-state index in [-0.39, 0.29) is 12.7 Å². The highest BCUT2D eigenvalue weighted by Crippen LogP contribution is 2.43. The molecule has 0 atom stereocenters. The van der Waals surface area contributed by atoms with Crippen LogP contribution < -0.4 is 9.64 Å². The van der Waals surface area contributed by atoms with Gasteiger partial charge >= 0.3 is 12.2 Å². The van der Waals surface area contributed by atoms with Crippen LogP contribution in [0.15, 0.2) is 36.5 Å². The largest absolute Gasteiger partial charge is 0.487 e. The van der Waals surface area contributed by atoms with Crippen LogP contribution in [0.5, 0.6) is 5.75 Å². The maximum Gasteiger partial charge on any atom is 0.420 e. The highest BCUT2D eigenvalue weighted by atomic mass is 35.5. The Bertz CT molecular complexity index is 1210. The van der Waals surface area contributed by atoms with Crippen molar-refractivity contribution in [3.05, 3.63) is 52.7 Å². The number of carbonyl (C=O) groups is 2. The lowest BCUT2D eigenvalue weighted by atomic mass is 9.98. The van der Waals surface area contributed by atoms with Gasteiger partial charge in [-0.2, -0.15) is 0 Å². The highest BCUT2D eigenvalue weighted by molar-refractivity contribution is 6.31. The van der Waals surface area contributed by atoms with Gasteiger partial charge in [0.2, 0.25) is 0 Å².